The number of carbonyl (C=O) groups is 2. The van der Waals surface area contributed by atoms with E-state index >= 15 is 0 Å². The van der Waals surface area contributed by atoms with Crippen molar-refractivity contribution in [2.75, 3.05) is 11.9 Å². The Morgan fingerprint density at radius 2 is 1.69 bits per heavy atom. The van der Waals surface area contributed by atoms with Crippen molar-refractivity contribution in [1.82, 2.24) is 15.1 Å². The number of hydrogen-bond donors (Lipinski definition) is 2. The number of nitrogens with one attached hydrogen (secondary N) is 2. The summed E-state index contributed by atoms with van der Waals surface area (Å²) in [5, 5.41) is 10.4. The summed E-state index contributed by atoms with van der Waals surface area (Å²) in [4.78, 5) is 24.3. The van der Waals surface area contributed by atoms with Crippen LogP contribution in [0.5, 0.6) is 0 Å². The minimum absolute atomic E-state index is 0.162. The molecule has 0 unspecified atom stereocenters. The van der Waals surface area contributed by atoms with Crippen LogP contribution in [-0.4, -0.2) is 28.1 Å². The van der Waals surface area contributed by atoms with Gasteiger partial charge in [0.1, 0.15) is 5.82 Å². The van der Waals surface area contributed by atoms with Crippen LogP contribution in [0.2, 0.25) is 5.02 Å². The van der Waals surface area contributed by atoms with Crippen molar-refractivity contribution in [2.24, 2.45) is 0 Å². The fourth-order valence-electron chi connectivity index (χ4n) is 2.82. The van der Waals surface area contributed by atoms with Crippen molar-refractivity contribution in [1.29, 1.82) is 0 Å². The molecule has 0 aliphatic rings. The van der Waals surface area contributed by atoms with Crippen LogP contribution < -0.4 is 10.6 Å². The van der Waals surface area contributed by atoms with Crippen molar-refractivity contribution >= 4 is 29.2 Å². The summed E-state index contributed by atoms with van der Waals surface area (Å²) in [7, 11) is 0. The molecule has 3 aromatic rings. The number of halogens is 1. The summed E-state index contributed by atoms with van der Waals surface area (Å²) >= 11 is 5.82. The van der Waals surface area contributed by atoms with Gasteiger partial charge in [-0.05, 0) is 41.8 Å². The van der Waals surface area contributed by atoms with Gasteiger partial charge in [0.15, 0.2) is 0 Å². The zero-order valence-electron chi connectivity index (χ0n) is 16.2. The monoisotopic (exact) mass is 410 g/mol. The molecule has 0 fully saturated rings. The molecule has 1 heterocycles. The van der Waals surface area contributed by atoms with E-state index < -0.39 is 0 Å². The summed E-state index contributed by atoms with van der Waals surface area (Å²) in [6.07, 6.45) is 2.81. The molecule has 0 aliphatic carbocycles. The van der Waals surface area contributed by atoms with E-state index in [-0.39, 0.29) is 24.8 Å². The number of hydrogen-bond acceptors (Lipinski definition) is 3. The van der Waals surface area contributed by atoms with Gasteiger partial charge < -0.3 is 10.6 Å². The van der Waals surface area contributed by atoms with Crippen LogP contribution in [0, 0.1) is 0 Å². The lowest BCUT2D eigenvalue weighted by Crippen LogP contribution is -2.28. The van der Waals surface area contributed by atoms with E-state index in [0.29, 0.717) is 22.9 Å². The van der Waals surface area contributed by atoms with Gasteiger partial charge in [0.25, 0.3) is 5.91 Å². The van der Waals surface area contributed by atoms with Crippen LogP contribution in [-0.2, 0) is 17.8 Å². The molecule has 1 aromatic heterocycles. The maximum atomic E-state index is 12.2. The number of rotatable bonds is 8. The first kappa shape index (κ1) is 20.6. The van der Waals surface area contributed by atoms with Crippen LogP contribution in [0.15, 0.2) is 60.8 Å². The Morgan fingerprint density at radius 1 is 1.00 bits per heavy atom. The van der Waals surface area contributed by atoms with Gasteiger partial charge in [-0.25, -0.2) is 4.68 Å². The van der Waals surface area contributed by atoms with Gasteiger partial charge in [0, 0.05) is 29.6 Å². The van der Waals surface area contributed by atoms with Gasteiger partial charge in [0.05, 0.1) is 12.7 Å². The molecule has 6 nitrogen and oxygen atoms in total. The van der Waals surface area contributed by atoms with E-state index in [2.05, 4.69) is 46.9 Å². The molecule has 0 atom stereocenters. The molecule has 2 aromatic carbocycles. The molecule has 29 heavy (non-hydrogen) atoms. The van der Waals surface area contributed by atoms with E-state index in [1.54, 1.807) is 41.2 Å². The maximum Gasteiger partial charge on any atom is 0.251 e. The summed E-state index contributed by atoms with van der Waals surface area (Å²) in [5.74, 6) is 0.193. The molecule has 0 radical (unpaired) electrons. The fraction of sp³-hybridized carbons (Fsp3) is 0.227. The average Bonchev–Trinajstić information content (AvgIpc) is 3.15. The van der Waals surface area contributed by atoms with E-state index in [4.69, 9.17) is 11.6 Å². The number of benzene rings is 2. The molecule has 2 amide bonds. The molecule has 0 aliphatic heterocycles. The highest BCUT2D eigenvalue weighted by molar-refractivity contribution is 6.30. The van der Waals surface area contributed by atoms with Gasteiger partial charge in [-0.15, -0.1) is 0 Å². The summed E-state index contributed by atoms with van der Waals surface area (Å²) in [6.45, 7) is 2.92. The predicted octanol–water partition coefficient (Wildman–Crippen LogP) is 3.91. The maximum absolute atomic E-state index is 12.2. The first-order valence-electron chi connectivity index (χ1n) is 9.48. The molecule has 150 valence electrons. The highest BCUT2D eigenvalue weighted by atomic mass is 35.5. The smallest absolute Gasteiger partial charge is 0.251 e. The van der Waals surface area contributed by atoms with Gasteiger partial charge in [-0.2, -0.15) is 5.10 Å². The van der Waals surface area contributed by atoms with Crippen LogP contribution in [0.4, 0.5) is 5.82 Å². The average molecular weight is 411 g/mol. The number of aryl methyl sites for hydroxylation is 1. The molecule has 0 spiro atoms. The SMILES string of the molecule is CCc1ccc(Cn2nccc2NC(=O)CCNC(=O)c2ccc(Cl)cc2)cc1. The molecular formula is C22H23ClN4O2. The van der Waals surface area contributed by atoms with Crippen LogP contribution in [0.3, 0.4) is 0 Å². The minimum Gasteiger partial charge on any atom is -0.352 e. The highest BCUT2D eigenvalue weighted by Crippen LogP contribution is 2.12. The van der Waals surface area contributed by atoms with Crippen LogP contribution in [0.1, 0.15) is 34.8 Å². The molecule has 2 N–H and O–H groups in total. The molecule has 7 heteroatoms. The fourth-order valence-corrected chi connectivity index (χ4v) is 2.94. The largest absolute Gasteiger partial charge is 0.352 e. The predicted molar refractivity (Wildman–Crippen MR) is 114 cm³/mol. The number of nitrogens with zero attached hydrogens (tertiary/aromatic N) is 2. The molecule has 0 bridgehead atoms. The lowest BCUT2D eigenvalue weighted by atomic mass is 10.1. The highest BCUT2D eigenvalue weighted by Gasteiger charge is 2.10. The lowest BCUT2D eigenvalue weighted by Gasteiger charge is -2.10. The molecule has 3 rings (SSSR count). The number of anilines is 1. The normalized spacial score (nSPS) is 10.6. The van der Waals surface area contributed by atoms with Crippen molar-refractivity contribution < 1.29 is 9.59 Å². The Labute approximate surface area is 174 Å². The second-order valence-corrected chi connectivity index (χ2v) is 7.04. The van der Waals surface area contributed by atoms with Crippen LogP contribution >= 0.6 is 11.6 Å². The summed E-state index contributed by atoms with van der Waals surface area (Å²) < 4.78 is 1.74. The Hall–Kier alpha value is -3.12. The third-order valence-corrected chi connectivity index (χ3v) is 4.74. The van der Waals surface area contributed by atoms with Gasteiger partial charge in [0.2, 0.25) is 5.91 Å². The first-order valence-corrected chi connectivity index (χ1v) is 9.86. The Morgan fingerprint density at radius 3 is 2.38 bits per heavy atom. The summed E-state index contributed by atoms with van der Waals surface area (Å²) in [6, 6.07) is 16.7. The van der Waals surface area contributed by atoms with Crippen molar-refractivity contribution in [3.8, 4) is 0 Å². The molecule has 0 saturated heterocycles. The van der Waals surface area contributed by atoms with Crippen molar-refractivity contribution in [2.45, 2.75) is 26.3 Å². The third kappa shape index (κ3) is 5.93. The Balaban J connectivity index is 1.49. The molecule has 0 saturated carbocycles. The van der Waals surface area contributed by atoms with Gasteiger partial charge in [-0.1, -0.05) is 42.8 Å². The van der Waals surface area contributed by atoms with E-state index in [1.807, 2.05) is 0 Å². The zero-order chi connectivity index (χ0) is 20.6. The lowest BCUT2D eigenvalue weighted by molar-refractivity contribution is -0.116. The van der Waals surface area contributed by atoms with Crippen molar-refractivity contribution in [3.05, 3.63) is 82.5 Å². The Kier molecular flexibility index (Phi) is 7.03. The zero-order valence-corrected chi connectivity index (χ0v) is 16.9. The van der Waals surface area contributed by atoms with E-state index in [0.717, 1.165) is 12.0 Å². The second-order valence-electron chi connectivity index (χ2n) is 6.61. The standard InChI is InChI=1S/C22H23ClN4O2/c1-2-16-3-5-17(6-4-16)15-27-20(11-14-25-27)26-21(28)12-13-24-22(29)18-7-9-19(23)10-8-18/h3-11,14H,2,12-13,15H2,1H3,(H,24,29)(H,26,28). The van der Waals surface area contributed by atoms with Gasteiger partial charge >= 0.3 is 0 Å². The third-order valence-electron chi connectivity index (χ3n) is 4.49. The Bertz CT molecular complexity index is 965. The minimum atomic E-state index is -0.241. The number of aromatic nitrogens is 2. The van der Waals surface area contributed by atoms with E-state index in [9.17, 15) is 9.59 Å². The van der Waals surface area contributed by atoms with Gasteiger partial charge in [-0.3, -0.25) is 9.59 Å². The van der Waals surface area contributed by atoms with Crippen LogP contribution in [0.25, 0.3) is 0 Å². The van der Waals surface area contributed by atoms with E-state index in [1.165, 1.54) is 5.56 Å². The number of carbonyl (C=O) groups excluding carboxylic acids is 2. The van der Waals surface area contributed by atoms with Crippen molar-refractivity contribution in [3.63, 3.8) is 0 Å². The first-order chi connectivity index (χ1) is 14.0. The quantitative estimate of drug-likeness (QED) is 0.591. The second kappa shape index (κ2) is 9.89. The molecular weight excluding hydrogens is 388 g/mol. The summed E-state index contributed by atoms with van der Waals surface area (Å²) in [5.41, 5.74) is 2.89. The topological polar surface area (TPSA) is 76.0 Å². The number of amides is 2.